The molecule has 0 bridgehead atoms. The summed E-state index contributed by atoms with van der Waals surface area (Å²) in [6.45, 7) is 0. The number of hydrogen-bond donors (Lipinski definition) is 1. The highest BCUT2D eigenvalue weighted by Crippen LogP contribution is 2.65. The lowest BCUT2D eigenvalue weighted by Gasteiger charge is -2.25. The van der Waals surface area contributed by atoms with Crippen LogP contribution in [-0.2, 0) is 5.41 Å². The van der Waals surface area contributed by atoms with Gasteiger partial charge in [-0.3, -0.25) is 0 Å². The summed E-state index contributed by atoms with van der Waals surface area (Å²) in [7, 11) is 1.71. The van der Waals surface area contributed by atoms with Gasteiger partial charge in [0.25, 0.3) is 0 Å². The number of halogens is 1. The van der Waals surface area contributed by atoms with Crippen molar-refractivity contribution in [1.29, 1.82) is 0 Å². The van der Waals surface area contributed by atoms with Gasteiger partial charge in [-0.1, -0.05) is 11.6 Å². The fraction of sp³-hybridized carbons (Fsp3) is 0.538. The minimum Gasteiger partial charge on any atom is -0.496 e. The summed E-state index contributed by atoms with van der Waals surface area (Å²) in [6, 6.07) is 5.85. The van der Waals surface area contributed by atoms with Crippen LogP contribution in [0.2, 0.25) is 5.02 Å². The van der Waals surface area contributed by atoms with Crippen LogP contribution >= 0.6 is 11.6 Å². The molecule has 0 heterocycles. The minimum atomic E-state index is 0.00492. The maximum absolute atomic E-state index is 6.39. The Morgan fingerprint density at radius 1 is 1.25 bits per heavy atom. The van der Waals surface area contributed by atoms with Crippen molar-refractivity contribution in [3.05, 3.63) is 28.8 Å². The third-order valence-electron chi connectivity index (χ3n) is 4.17. The van der Waals surface area contributed by atoms with Crippen molar-refractivity contribution in [3.8, 4) is 5.75 Å². The molecule has 2 fully saturated rings. The van der Waals surface area contributed by atoms with Crippen LogP contribution in [0.25, 0.3) is 0 Å². The lowest BCUT2D eigenvalue weighted by molar-refractivity contribution is 0.393. The van der Waals surface area contributed by atoms with Crippen molar-refractivity contribution < 1.29 is 4.74 Å². The number of benzene rings is 1. The molecule has 0 amide bonds. The van der Waals surface area contributed by atoms with Crippen LogP contribution in [0.3, 0.4) is 0 Å². The van der Waals surface area contributed by atoms with Crippen molar-refractivity contribution in [1.82, 2.24) is 0 Å². The zero-order chi connectivity index (χ0) is 11.4. The molecule has 2 aliphatic rings. The van der Waals surface area contributed by atoms with Gasteiger partial charge in [-0.15, -0.1) is 0 Å². The van der Waals surface area contributed by atoms with E-state index in [0.29, 0.717) is 0 Å². The Balaban J connectivity index is 2.09. The third-order valence-corrected chi connectivity index (χ3v) is 4.40. The number of hydrogen-bond acceptors (Lipinski definition) is 2. The van der Waals surface area contributed by atoms with E-state index in [-0.39, 0.29) is 11.0 Å². The first-order valence-electron chi connectivity index (χ1n) is 5.74. The summed E-state index contributed by atoms with van der Waals surface area (Å²) in [5.41, 5.74) is 7.75. The van der Waals surface area contributed by atoms with Crippen LogP contribution in [0, 0.1) is 0 Å². The Morgan fingerprint density at radius 2 is 1.94 bits per heavy atom. The minimum absolute atomic E-state index is 0.00492. The van der Waals surface area contributed by atoms with Gasteiger partial charge in [-0.25, -0.2) is 0 Å². The van der Waals surface area contributed by atoms with E-state index in [1.165, 1.54) is 18.4 Å². The second-order valence-electron chi connectivity index (χ2n) is 5.08. The van der Waals surface area contributed by atoms with Crippen LogP contribution in [0.1, 0.15) is 31.2 Å². The number of rotatable bonds is 3. The molecule has 3 heteroatoms. The molecule has 0 spiro atoms. The highest BCUT2D eigenvalue weighted by molar-refractivity contribution is 6.30. The van der Waals surface area contributed by atoms with Crippen molar-refractivity contribution in [2.45, 2.75) is 36.6 Å². The lowest BCUT2D eigenvalue weighted by Crippen LogP contribution is -2.37. The van der Waals surface area contributed by atoms with Gasteiger partial charge in [0.1, 0.15) is 5.75 Å². The van der Waals surface area contributed by atoms with Gasteiger partial charge in [0.05, 0.1) is 7.11 Å². The molecule has 1 aromatic carbocycles. The van der Waals surface area contributed by atoms with Crippen LogP contribution < -0.4 is 10.5 Å². The first-order valence-corrected chi connectivity index (χ1v) is 6.12. The molecule has 2 saturated carbocycles. The molecule has 16 heavy (non-hydrogen) atoms. The van der Waals surface area contributed by atoms with Crippen LogP contribution in [0.15, 0.2) is 18.2 Å². The predicted molar refractivity (Wildman–Crippen MR) is 65.1 cm³/mol. The molecule has 2 nitrogen and oxygen atoms in total. The van der Waals surface area contributed by atoms with E-state index in [9.17, 15) is 0 Å². The fourth-order valence-corrected chi connectivity index (χ4v) is 3.00. The van der Waals surface area contributed by atoms with Crippen LogP contribution in [0.4, 0.5) is 0 Å². The lowest BCUT2D eigenvalue weighted by atomic mass is 9.85. The first-order chi connectivity index (χ1) is 7.61. The van der Waals surface area contributed by atoms with E-state index in [1.807, 2.05) is 18.2 Å². The number of ether oxygens (including phenoxy) is 1. The van der Waals surface area contributed by atoms with Crippen molar-refractivity contribution in [3.63, 3.8) is 0 Å². The second kappa shape index (κ2) is 3.14. The van der Waals surface area contributed by atoms with Gasteiger partial charge in [0.15, 0.2) is 0 Å². The van der Waals surface area contributed by atoms with Crippen LogP contribution in [0.5, 0.6) is 5.75 Å². The Morgan fingerprint density at radius 3 is 2.44 bits per heavy atom. The average molecular weight is 238 g/mol. The molecule has 0 saturated heterocycles. The smallest absolute Gasteiger partial charge is 0.122 e. The van der Waals surface area contributed by atoms with Gasteiger partial charge in [-0.2, -0.15) is 0 Å². The van der Waals surface area contributed by atoms with Crippen molar-refractivity contribution in [2.24, 2.45) is 5.73 Å². The maximum atomic E-state index is 6.39. The van der Waals surface area contributed by atoms with Gasteiger partial charge >= 0.3 is 0 Å². The molecule has 0 aromatic heterocycles. The molecule has 0 unspecified atom stereocenters. The van der Waals surface area contributed by atoms with E-state index in [2.05, 4.69) is 0 Å². The third kappa shape index (κ3) is 1.30. The zero-order valence-corrected chi connectivity index (χ0v) is 10.2. The first kappa shape index (κ1) is 10.4. The summed E-state index contributed by atoms with van der Waals surface area (Å²) in [5.74, 6) is 0.929. The molecule has 0 radical (unpaired) electrons. The molecular weight excluding hydrogens is 222 g/mol. The molecule has 3 rings (SSSR count). The summed E-state index contributed by atoms with van der Waals surface area (Å²) >= 11 is 6.08. The molecule has 0 aliphatic heterocycles. The SMILES string of the molecule is COc1ccc(Cl)cc1C1(C2(N)CC2)CC1. The van der Waals surface area contributed by atoms with E-state index in [4.69, 9.17) is 22.1 Å². The van der Waals surface area contributed by atoms with Gasteiger partial charge in [0.2, 0.25) is 0 Å². The summed E-state index contributed by atoms with van der Waals surface area (Å²) in [5, 5.41) is 0.770. The second-order valence-corrected chi connectivity index (χ2v) is 5.52. The van der Waals surface area contributed by atoms with Crippen LogP contribution in [-0.4, -0.2) is 12.6 Å². The van der Waals surface area contributed by atoms with E-state index in [1.54, 1.807) is 7.11 Å². The zero-order valence-electron chi connectivity index (χ0n) is 9.42. The van der Waals surface area contributed by atoms with E-state index >= 15 is 0 Å². The maximum Gasteiger partial charge on any atom is 0.122 e. The standard InChI is InChI=1S/C13H16ClNO/c1-16-11-3-2-9(14)8-10(11)12(4-5-12)13(15)6-7-13/h2-3,8H,4-7,15H2,1H3. The normalized spacial score (nSPS) is 23.9. The number of methoxy groups -OCH3 is 1. The summed E-state index contributed by atoms with van der Waals surface area (Å²) < 4.78 is 5.44. The molecule has 2 N–H and O–H groups in total. The quantitative estimate of drug-likeness (QED) is 0.878. The summed E-state index contributed by atoms with van der Waals surface area (Å²) in [6.07, 6.45) is 4.59. The van der Waals surface area contributed by atoms with Crippen molar-refractivity contribution in [2.75, 3.05) is 7.11 Å². The molecule has 1 aromatic rings. The Bertz CT molecular complexity index is 436. The monoisotopic (exact) mass is 237 g/mol. The van der Waals surface area contributed by atoms with Crippen molar-refractivity contribution >= 4 is 11.6 Å². The average Bonchev–Trinajstić information content (AvgIpc) is 3.13. The molecule has 2 aliphatic carbocycles. The highest BCUT2D eigenvalue weighted by atomic mass is 35.5. The number of nitrogens with two attached hydrogens (primary N) is 1. The Kier molecular flexibility index (Phi) is 2.05. The van der Waals surface area contributed by atoms with E-state index < -0.39 is 0 Å². The van der Waals surface area contributed by atoms with Gasteiger partial charge in [0, 0.05) is 21.5 Å². The molecule has 86 valence electrons. The topological polar surface area (TPSA) is 35.2 Å². The molecular formula is C13H16ClNO. The fourth-order valence-electron chi connectivity index (χ4n) is 2.83. The Labute approximate surface area is 101 Å². The van der Waals surface area contributed by atoms with Gasteiger partial charge in [-0.05, 0) is 43.9 Å². The highest BCUT2D eigenvalue weighted by Gasteiger charge is 2.64. The largest absolute Gasteiger partial charge is 0.496 e. The molecule has 0 atom stereocenters. The van der Waals surface area contributed by atoms with E-state index in [0.717, 1.165) is 23.6 Å². The van der Waals surface area contributed by atoms with Gasteiger partial charge < -0.3 is 10.5 Å². The predicted octanol–water partition coefficient (Wildman–Crippen LogP) is 2.87. The Hall–Kier alpha value is -0.730. The summed E-state index contributed by atoms with van der Waals surface area (Å²) in [4.78, 5) is 0.